The minimum atomic E-state index is -1.26. The highest BCUT2D eigenvalue weighted by molar-refractivity contribution is 6.31. The van der Waals surface area contributed by atoms with Gasteiger partial charge in [0.25, 0.3) is 0 Å². The molecule has 0 aliphatic carbocycles. The smallest absolute Gasteiger partial charge is 0.325 e. The fourth-order valence-corrected chi connectivity index (χ4v) is 1.65. The number of carbonyl (C=O) groups is 1. The highest BCUT2D eigenvalue weighted by Gasteiger charge is 2.23. The van der Waals surface area contributed by atoms with Crippen molar-refractivity contribution in [2.75, 3.05) is 0 Å². The molecule has 4 nitrogen and oxygen atoms in total. The van der Waals surface area contributed by atoms with Crippen LogP contribution in [0.4, 0.5) is 0 Å². The van der Waals surface area contributed by atoms with Crippen LogP contribution in [0, 0.1) is 13.8 Å². The highest BCUT2D eigenvalue weighted by atomic mass is 35.5. The van der Waals surface area contributed by atoms with E-state index < -0.39 is 12.0 Å². The van der Waals surface area contributed by atoms with Crippen LogP contribution in [-0.4, -0.2) is 16.2 Å². The first-order chi connectivity index (χ1) is 6.86. The van der Waals surface area contributed by atoms with E-state index in [0.29, 0.717) is 16.1 Å². The van der Waals surface area contributed by atoms with Crippen LogP contribution >= 0.6 is 11.6 Å². The number of benzene rings is 1. The van der Waals surface area contributed by atoms with Gasteiger partial charge < -0.3 is 15.9 Å². The average Bonchev–Trinajstić information content (AvgIpc) is 2.15. The molecule has 0 unspecified atom stereocenters. The van der Waals surface area contributed by atoms with Gasteiger partial charge >= 0.3 is 5.97 Å². The minimum absolute atomic E-state index is 0.105. The standard InChI is InChI=1S/C10H12ClNO3/c1-4-3-6(11)5(2)7(9(4)13)8(12)10(14)15/h3,8,13H,12H2,1-2H3,(H,14,15)/t8-/m0/s1. The number of phenolic OH excluding ortho intramolecular Hbond substituents is 1. The van der Waals surface area contributed by atoms with E-state index in [0.717, 1.165) is 0 Å². The van der Waals surface area contributed by atoms with Crippen molar-refractivity contribution in [1.82, 2.24) is 0 Å². The Morgan fingerprint density at radius 3 is 2.53 bits per heavy atom. The molecule has 0 aliphatic heterocycles. The first-order valence-electron chi connectivity index (χ1n) is 4.33. The summed E-state index contributed by atoms with van der Waals surface area (Å²) < 4.78 is 0. The van der Waals surface area contributed by atoms with Gasteiger partial charge in [-0.15, -0.1) is 0 Å². The number of carboxylic acid groups (broad SMARTS) is 1. The number of aromatic hydroxyl groups is 1. The van der Waals surface area contributed by atoms with Crippen molar-refractivity contribution >= 4 is 17.6 Å². The molecule has 0 fully saturated rings. The summed E-state index contributed by atoms with van der Waals surface area (Å²) in [4.78, 5) is 10.7. The van der Waals surface area contributed by atoms with E-state index in [-0.39, 0.29) is 11.3 Å². The van der Waals surface area contributed by atoms with Crippen molar-refractivity contribution in [2.24, 2.45) is 5.73 Å². The molecular weight excluding hydrogens is 218 g/mol. The molecule has 15 heavy (non-hydrogen) atoms. The summed E-state index contributed by atoms with van der Waals surface area (Å²) >= 11 is 5.88. The summed E-state index contributed by atoms with van der Waals surface area (Å²) in [7, 11) is 0. The molecule has 5 heteroatoms. The quantitative estimate of drug-likeness (QED) is 0.721. The molecule has 0 amide bonds. The highest BCUT2D eigenvalue weighted by Crippen LogP contribution is 2.34. The van der Waals surface area contributed by atoms with Crippen LogP contribution in [0.15, 0.2) is 6.07 Å². The Bertz CT molecular complexity index is 391. The Morgan fingerprint density at radius 2 is 2.07 bits per heavy atom. The minimum Gasteiger partial charge on any atom is -0.507 e. The normalized spacial score (nSPS) is 12.5. The zero-order chi connectivity index (χ0) is 11.7. The number of aliphatic carboxylic acids is 1. The molecule has 1 aromatic rings. The fraction of sp³-hybridized carbons (Fsp3) is 0.300. The Hall–Kier alpha value is -1.26. The van der Waals surface area contributed by atoms with E-state index in [1.54, 1.807) is 19.9 Å². The third-order valence-electron chi connectivity index (χ3n) is 2.31. The number of nitrogens with two attached hydrogens (primary N) is 1. The maximum atomic E-state index is 10.7. The molecule has 0 heterocycles. The predicted molar refractivity (Wildman–Crippen MR) is 57.2 cm³/mol. The zero-order valence-corrected chi connectivity index (χ0v) is 9.17. The second kappa shape index (κ2) is 4.08. The van der Waals surface area contributed by atoms with Gasteiger partial charge in [-0.1, -0.05) is 11.6 Å². The van der Waals surface area contributed by atoms with Gasteiger partial charge in [-0.05, 0) is 31.0 Å². The monoisotopic (exact) mass is 229 g/mol. The van der Waals surface area contributed by atoms with Gasteiger partial charge in [-0.25, -0.2) is 0 Å². The fourth-order valence-electron chi connectivity index (χ4n) is 1.39. The molecule has 1 aromatic carbocycles. The molecule has 4 N–H and O–H groups in total. The number of aryl methyl sites for hydroxylation is 1. The molecule has 0 saturated heterocycles. The summed E-state index contributed by atoms with van der Waals surface area (Å²) in [6.45, 7) is 3.26. The van der Waals surface area contributed by atoms with Crippen LogP contribution in [0.25, 0.3) is 0 Å². The summed E-state index contributed by atoms with van der Waals surface area (Å²) in [5.74, 6) is -1.30. The molecule has 1 rings (SSSR count). The van der Waals surface area contributed by atoms with E-state index in [1.807, 2.05) is 0 Å². The lowest BCUT2D eigenvalue weighted by Crippen LogP contribution is -2.22. The lowest BCUT2D eigenvalue weighted by molar-refractivity contribution is -0.138. The van der Waals surface area contributed by atoms with Crippen molar-refractivity contribution in [3.05, 3.63) is 27.8 Å². The summed E-state index contributed by atoms with van der Waals surface area (Å²) in [6.07, 6.45) is 0. The Labute approximate surface area is 92.3 Å². The molecule has 0 radical (unpaired) electrons. The first-order valence-corrected chi connectivity index (χ1v) is 4.71. The SMILES string of the molecule is Cc1cc(Cl)c(C)c([C@H](N)C(=O)O)c1O. The van der Waals surface area contributed by atoms with Crippen LogP contribution < -0.4 is 5.73 Å². The molecule has 0 aliphatic rings. The van der Waals surface area contributed by atoms with Gasteiger partial charge in [-0.2, -0.15) is 0 Å². The molecular formula is C10H12ClNO3. The Kier molecular flexibility index (Phi) is 3.21. The maximum absolute atomic E-state index is 10.7. The largest absolute Gasteiger partial charge is 0.507 e. The van der Waals surface area contributed by atoms with Gasteiger partial charge in [0.15, 0.2) is 0 Å². The average molecular weight is 230 g/mol. The molecule has 0 spiro atoms. The number of hydrogen-bond acceptors (Lipinski definition) is 3. The molecule has 1 atom stereocenters. The van der Waals surface area contributed by atoms with Crippen LogP contribution in [0.1, 0.15) is 22.7 Å². The maximum Gasteiger partial charge on any atom is 0.325 e. The van der Waals surface area contributed by atoms with Crippen molar-refractivity contribution in [2.45, 2.75) is 19.9 Å². The molecule has 0 bridgehead atoms. The second-order valence-corrected chi connectivity index (χ2v) is 3.79. The number of hydrogen-bond donors (Lipinski definition) is 3. The number of rotatable bonds is 2. The lowest BCUT2D eigenvalue weighted by atomic mass is 9.98. The van der Waals surface area contributed by atoms with E-state index in [2.05, 4.69) is 0 Å². The van der Waals surface area contributed by atoms with E-state index in [4.69, 9.17) is 22.4 Å². The Balaban J connectivity index is 3.45. The van der Waals surface area contributed by atoms with Crippen molar-refractivity contribution < 1.29 is 15.0 Å². The van der Waals surface area contributed by atoms with Crippen LogP contribution in [0.2, 0.25) is 5.02 Å². The van der Waals surface area contributed by atoms with E-state index in [9.17, 15) is 9.90 Å². The zero-order valence-electron chi connectivity index (χ0n) is 8.41. The van der Waals surface area contributed by atoms with Crippen LogP contribution in [0.5, 0.6) is 5.75 Å². The lowest BCUT2D eigenvalue weighted by Gasteiger charge is -2.15. The van der Waals surface area contributed by atoms with Crippen LogP contribution in [-0.2, 0) is 4.79 Å². The van der Waals surface area contributed by atoms with E-state index in [1.165, 1.54) is 0 Å². The topological polar surface area (TPSA) is 83.6 Å². The number of halogens is 1. The van der Waals surface area contributed by atoms with Gasteiger partial charge in [0, 0.05) is 10.6 Å². The van der Waals surface area contributed by atoms with Crippen LogP contribution in [0.3, 0.4) is 0 Å². The number of carboxylic acids is 1. The van der Waals surface area contributed by atoms with E-state index >= 15 is 0 Å². The van der Waals surface area contributed by atoms with Crippen molar-refractivity contribution in [3.63, 3.8) is 0 Å². The predicted octanol–water partition coefficient (Wildman–Crippen LogP) is 1.75. The third kappa shape index (κ3) is 2.06. The van der Waals surface area contributed by atoms with Gasteiger partial charge in [-0.3, -0.25) is 4.79 Å². The van der Waals surface area contributed by atoms with Gasteiger partial charge in [0.05, 0.1) is 0 Å². The summed E-state index contributed by atoms with van der Waals surface area (Å²) in [5, 5.41) is 18.9. The molecule has 82 valence electrons. The summed E-state index contributed by atoms with van der Waals surface area (Å²) in [5.41, 5.74) is 6.64. The summed E-state index contributed by atoms with van der Waals surface area (Å²) in [6, 6.07) is 0.312. The van der Waals surface area contributed by atoms with Gasteiger partial charge in [0.2, 0.25) is 0 Å². The number of phenols is 1. The molecule has 0 aromatic heterocycles. The van der Waals surface area contributed by atoms with Gasteiger partial charge in [0.1, 0.15) is 11.8 Å². The first kappa shape index (κ1) is 11.8. The second-order valence-electron chi connectivity index (χ2n) is 3.38. The Morgan fingerprint density at radius 1 is 1.53 bits per heavy atom. The van der Waals surface area contributed by atoms with Crippen molar-refractivity contribution in [1.29, 1.82) is 0 Å². The third-order valence-corrected chi connectivity index (χ3v) is 2.70. The molecule has 0 saturated carbocycles. The van der Waals surface area contributed by atoms with Crippen molar-refractivity contribution in [3.8, 4) is 5.75 Å².